The third-order valence-corrected chi connectivity index (χ3v) is 5.62. The number of benzene rings is 2. The lowest BCUT2D eigenvalue weighted by Crippen LogP contribution is -2.56. The number of alkyl halides is 3. The number of hydrogen-bond donors (Lipinski definition) is 6. The fourth-order valence-electron chi connectivity index (χ4n) is 3.57. The number of primary amides is 1. The van der Waals surface area contributed by atoms with E-state index in [4.69, 9.17) is 22.9 Å². The van der Waals surface area contributed by atoms with Crippen molar-refractivity contribution >= 4 is 23.7 Å². The SMILES string of the molecule is NC(=O)[C@H](Cc1cccc(C(F)(F)F)c1)NC(=O)[C@H](CCc1ccccc1)NC(=O)[C@@H](N)CCN=C(N)N. The van der Waals surface area contributed by atoms with Gasteiger partial charge in [0.15, 0.2) is 5.96 Å². The van der Waals surface area contributed by atoms with Gasteiger partial charge in [0.25, 0.3) is 0 Å². The standard InChI is InChI=1S/C25H32F3N7O3/c26-25(27,28)17-8-4-7-16(13-17)14-20(21(30)36)35-23(38)19(10-9-15-5-2-1-3-6-15)34-22(37)18(29)11-12-33-24(31)32/h1-8,13,18-20H,9-12,14,29H2,(H2,30,36)(H,34,37)(H,35,38)(H4,31,32,33)/t18-,19-,20-/m0/s1. The van der Waals surface area contributed by atoms with Gasteiger partial charge in [0.1, 0.15) is 12.1 Å². The van der Waals surface area contributed by atoms with Gasteiger partial charge < -0.3 is 33.6 Å². The fraction of sp³-hybridized carbons (Fsp3) is 0.360. The van der Waals surface area contributed by atoms with Crippen molar-refractivity contribution in [3.63, 3.8) is 0 Å². The highest BCUT2D eigenvalue weighted by Gasteiger charge is 2.31. The Hall–Kier alpha value is -4.13. The lowest BCUT2D eigenvalue weighted by molar-refractivity contribution is -0.137. The van der Waals surface area contributed by atoms with Crippen molar-refractivity contribution in [2.75, 3.05) is 6.54 Å². The molecule has 10 nitrogen and oxygen atoms in total. The lowest BCUT2D eigenvalue weighted by atomic mass is 10.0. The van der Waals surface area contributed by atoms with Gasteiger partial charge in [-0.15, -0.1) is 0 Å². The first kappa shape index (κ1) is 30.1. The number of amides is 3. The number of halogens is 3. The highest BCUT2D eigenvalue weighted by molar-refractivity contribution is 5.92. The van der Waals surface area contributed by atoms with Crippen LogP contribution in [0.3, 0.4) is 0 Å². The quantitative estimate of drug-likeness (QED) is 0.158. The summed E-state index contributed by atoms with van der Waals surface area (Å²) in [6.07, 6.45) is -4.19. The van der Waals surface area contributed by atoms with Gasteiger partial charge in [0, 0.05) is 13.0 Å². The van der Waals surface area contributed by atoms with Crippen molar-refractivity contribution in [2.24, 2.45) is 27.9 Å². The van der Waals surface area contributed by atoms with Gasteiger partial charge in [-0.25, -0.2) is 0 Å². The van der Waals surface area contributed by atoms with Crippen molar-refractivity contribution in [2.45, 2.75) is 50.0 Å². The smallest absolute Gasteiger partial charge is 0.370 e. The molecule has 0 unspecified atom stereocenters. The highest BCUT2D eigenvalue weighted by Crippen LogP contribution is 2.29. The number of rotatable bonds is 13. The van der Waals surface area contributed by atoms with E-state index in [-0.39, 0.29) is 37.3 Å². The van der Waals surface area contributed by atoms with Gasteiger partial charge in [0.05, 0.1) is 11.6 Å². The Balaban J connectivity index is 2.16. The largest absolute Gasteiger partial charge is 0.416 e. The van der Waals surface area contributed by atoms with Crippen molar-refractivity contribution in [3.05, 3.63) is 71.3 Å². The third-order valence-electron chi connectivity index (χ3n) is 5.62. The minimum atomic E-state index is -4.58. The van der Waals surface area contributed by atoms with Crippen LogP contribution < -0.4 is 33.6 Å². The Kier molecular flexibility index (Phi) is 11.1. The molecule has 0 saturated heterocycles. The number of nitrogens with one attached hydrogen (secondary N) is 2. The van der Waals surface area contributed by atoms with Crippen LogP contribution >= 0.6 is 0 Å². The molecule has 0 bridgehead atoms. The Labute approximate surface area is 218 Å². The molecule has 0 radical (unpaired) electrons. The number of nitrogens with two attached hydrogens (primary N) is 4. The van der Waals surface area contributed by atoms with E-state index in [0.717, 1.165) is 17.7 Å². The molecule has 0 fully saturated rings. The average molecular weight is 536 g/mol. The van der Waals surface area contributed by atoms with E-state index < -0.39 is 47.6 Å². The number of aliphatic imine (C=N–C) groups is 1. The van der Waals surface area contributed by atoms with Crippen LogP contribution in [-0.2, 0) is 33.4 Å². The Morgan fingerprint density at radius 2 is 1.47 bits per heavy atom. The van der Waals surface area contributed by atoms with Crippen LogP contribution in [0.5, 0.6) is 0 Å². The number of guanidine groups is 1. The zero-order valence-corrected chi connectivity index (χ0v) is 20.6. The summed E-state index contributed by atoms with van der Waals surface area (Å²) in [6.45, 7) is 0.0958. The van der Waals surface area contributed by atoms with Gasteiger partial charge in [-0.05, 0) is 36.5 Å². The first-order valence-electron chi connectivity index (χ1n) is 11.8. The van der Waals surface area contributed by atoms with Crippen molar-refractivity contribution < 1.29 is 27.6 Å². The summed E-state index contributed by atoms with van der Waals surface area (Å²) in [5.74, 6) is -2.48. The highest BCUT2D eigenvalue weighted by atomic mass is 19.4. The van der Waals surface area contributed by atoms with E-state index in [1.165, 1.54) is 12.1 Å². The molecule has 2 rings (SSSR count). The first-order valence-corrected chi connectivity index (χ1v) is 11.8. The topological polar surface area (TPSA) is 192 Å². The third kappa shape index (κ3) is 10.1. The number of carbonyl (C=O) groups excluding carboxylic acids is 3. The predicted octanol–water partition coefficient (Wildman–Crippen LogP) is 0.326. The van der Waals surface area contributed by atoms with Crippen LogP contribution in [0.1, 0.15) is 29.5 Å². The number of nitrogens with zero attached hydrogens (tertiary/aromatic N) is 1. The van der Waals surface area contributed by atoms with Crippen LogP contribution in [0.25, 0.3) is 0 Å². The minimum absolute atomic E-state index is 0.0958. The molecule has 13 heteroatoms. The van der Waals surface area contributed by atoms with Crippen LogP contribution in [0.2, 0.25) is 0 Å². The van der Waals surface area contributed by atoms with Crippen molar-refractivity contribution in [3.8, 4) is 0 Å². The molecular formula is C25H32F3N7O3. The van der Waals surface area contributed by atoms with Gasteiger partial charge in [-0.2, -0.15) is 13.2 Å². The number of aryl methyl sites for hydroxylation is 1. The molecule has 0 saturated carbocycles. The lowest BCUT2D eigenvalue weighted by Gasteiger charge is -2.23. The van der Waals surface area contributed by atoms with Crippen LogP contribution in [-0.4, -0.2) is 48.4 Å². The first-order chi connectivity index (χ1) is 17.9. The van der Waals surface area contributed by atoms with Gasteiger partial charge in [-0.1, -0.05) is 48.5 Å². The zero-order chi connectivity index (χ0) is 28.3. The van der Waals surface area contributed by atoms with Crippen molar-refractivity contribution in [1.82, 2.24) is 10.6 Å². The summed E-state index contributed by atoms with van der Waals surface area (Å²) in [6, 6.07) is 10.1. The van der Waals surface area contributed by atoms with Crippen LogP contribution in [0.15, 0.2) is 59.6 Å². The second-order valence-electron chi connectivity index (χ2n) is 8.65. The monoisotopic (exact) mass is 535 g/mol. The molecule has 206 valence electrons. The van der Waals surface area contributed by atoms with Gasteiger partial charge in [-0.3, -0.25) is 19.4 Å². The number of hydrogen-bond acceptors (Lipinski definition) is 5. The summed E-state index contributed by atoms with van der Waals surface area (Å²) in [7, 11) is 0. The Bertz CT molecular complexity index is 1120. The average Bonchev–Trinajstić information content (AvgIpc) is 2.85. The molecular weight excluding hydrogens is 503 g/mol. The minimum Gasteiger partial charge on any atom is -0.370 e. The molecule has 38 heavy (non-hydrogen) atoms. The van der Waals surface area contributed by atoms with E-state index in [1.807, 2.05) is 30.3 Å². The molecule has 0 aliphatic rings. The summed E-state index contributed by atoms with van der Waals surface area (Å²) in [5, 5.41) is 5.03. The zero-order valence-electron chi connectivity index (χ0n) is 20.6. The van der Waals surface area contributed by atoms with Crippen LogP contribution in [0, 0.1) is 0 Å². The maximum absolute atomic E-state index is 13.1. The molecule has 3 atom stereocenters. The van der Waals surface area contributed by atoms with Gasteiger partial charge in [0.2, 0.25) is 17.7 Å². The normalized spacial score (nSPS) is 13.6. The molecule has 2 aromatic rings. The van der Waals surface area contributed by atoms with Gasteiger partial charge >= 0.3 is 6.18 Å². The summed E-state index contributed by atoms with van der Waals surface area (Å²) in [5.41, 5.74) is 22.0. The number of carbonyl (C=O) groups is 3. The molecule has 3 amide bonds. The molecule has 0 aliphatic heterocycles. The second-order valence-corrected chi connectivity index (χ2v) is 8.65. The summed E-state index contributed by atoms with van der Waals surface area (Å²) in [4.78, 5) is 41.6. The predicted molar refractivity (Wildman–Crippen MR) is 136 cm³/mol. The van der Waals surface area contributed by atoms with E-state index in [1.54, 1.807) is 0 Å². The van der Waals surface area contributed by atoms with E-state index in [9.17, 15) is 27.6 Å². The molecule has 2 aromatic carbocycles. The fourth-order valence-corrected chi connectivity index (χ4v) is 3.57. The van der Waals surface area contributed by atoms with E-state index >= 15 is 0 Å². The molecule has 0 aliphatic carbocycles. The van der Waals surface area contributed by atoms with Crippen molar-refractivity contribution in [1.29, 1.82) is 0 Å². The second kappa shape index (κ2) is 14.0. The Morgan fingerprint density at radius 1 is 0.842 bits per heavy atom. The molecule has 0 spiro atoms. The molecule has 0 heterocycles. The summed E-state index contributed by atoms with van der Waals surface area (Å²) < 4.78 is 39.2. The molecule has 0 aromatic heterocycles. The maximum Gasteiger partial charge on any atom is 0.416 e. The molecule has 10 N–H and O–H groups in total. The summed E-state index contributed by atoms with van der Waals surface area (Å²) >= 11 is 0. The van der Waals surface area contributed by atoms with E-state index in [0.29, 0.717) is 6.42 Å². The Morgan fingerprint density at radius 3 is 2.08 bits per heavy atom. The van der Waals surface area contributed by atoms with Crippen LogP contribution in [0.4, 0.5) is 13.2 Å². The maximum atomic E-state index is 13.1. The van der Waals surface area contributed by atoms with E-state index in [2.05, 4.69) is 15.6 Å².